The SMILES string of the molecule is O=C(N/N=C\c1ccc(OCc2ccc(Cl)cc2)cc1)[C@@H]1CC(=O)N(c2ccc(Br)cc2)C1. The standard InChI is InChI=1S/C25H21BrClN3O3/c26-20-5-9-22(10-6-20)30-15-19(13-24(30)31)25(32)29-28-14-17-3-11-23(12-4-17)33-16-18-1-7-21(27)8-2-18/h1-12,14,19H,13,15-16H2,(H,29,32)/b28-14-/t19-/m1/s1. The molecule has 0 saturated carbocycles. The first-order chi connectivity index (χ1) is 16.0. The molecule has 1 aliphatic rings. The van der Waals surface area contributed by atoms with Gasteiger partial charge in [-0.05, 0) is 71.8 Å². The summed E-state index contributed by atoms with van der Waals surface area (Å²) in [7, 11) is 0. The quantitative estimate of drug-likeness (QED) is 0.340. The number of rotatable bonds is 7. The van der Waals surface area contributed by atoms with E-state index < -0.39 is 5.92 Å². The predicted molar refractivity (Wildman–Crippen MR) is 133 cm³/mol. The van der Waals surface area contributed by atoms with Crippen molar-refractivity contribution in [1.29, 1.82) is 0 Å². The number of anilines is 1. The number of hydrogen-bond acceptors (Lipinski definition) is 4. The van der Waals surface area contributed by atoms with E-state index in [9.17, 15) is 9.59 Å². The summed E-state index contributed by atoms with van der Waals surface area (Å²) in [5.74, 6) is -0.0663. The maximum absolute atomic E-state index is 12.5. The molecule has 1 N–H and O–H groups in total. The summed E-state index contributed by atoms with van der Waals surface area (Å²) in [6.07, 6.45) is 1.72. The molecule has 0 aliphatic carbocycles. The predicted octanol–water partition coefficient (Wildman–Crippen LogP) is 5.18. The Labute approximate surface area is 205 Å². The van der Waals surface area contributed by atoms with E-state index in [-0.39, 0.29) is 18.2 Å². The highest BCUT2D eigenvalue weighted by Gasteiger charge is 2.35. The van der Waals surface area contributed by atoms with Crippen molar-refractivity contribution in [3.05, 3.63) is 93.4 Å². The minimum absolute atomic E-state index is 0.0735. The number of hydrogen-bond donors (Lipinski definition) is 1. The monoisotopic (exact) mass is 525 g/mol. The van der Waals surface area contributed by atoms with Gasteiger partial charge in [0.25, 0.3) is 0 Å². The lowest BCUT2D eigenvalue weighted by Gasteiger charge is -2.16. The number of hydrazone groups is 1. The van der Waals surface area contributed by atoms with Gasteiger partial charge in [-0.3, -0.25) is 9.59 Å². The van der Waals surface area contributed by atoms with Crippen LogP contribution in [0.25, 0.3) is 0 Å². The van der Waals surface area contributed by atoms with Gasteiger partial charge >= 0.3 is 0 Å². The molecule has 0 bridgehead atoms. The minimum atomic E-state index is -0.443. The summed E-state index contributed by atoms with van der Waals surface area (Å²) in [4.78, 5) is 26.4. The molecule has 1 atom stereocenters. The molecule has 1 fully saturated rings. The van der Waals surface area contributed by atoms with Gasteiger partial charge in [-0.25, -0.2) is 5.43 Å². The van der Waals surface area contributed by atoms with Gasteiger partial charge < -0.3 is 9.64 Å². The van der Waals surface area contributed by atoms with Gasteiger partial charge in [0, 0.05) is 28.1 Å². The number of carbonyl (C=O) groups is 2. The van der Waals surface area contributed by atoms with Crippen molar-refractivity contribution in [2.24, 2.45) is 11.0 Å². The van der Waals surface area contributed by atoms with Gasteiger partial charge in [0.05, 0.1) is 12.1 Å². The normalized spacial score (nSPS) is 15.8. The van der Waals surface area contributed by atoms with E-state index in [0.29, 0.717) is 18.2 Å². The van der Waals surface area contributed by atoms with Crippen LogP contribution in [0, 0.1) is 5.92 Å². The Morgan fingerprint density at radius 3 is 2.48 bits per heavy atom. The fourth-order valence-corrected chi connectivity index (χ4v) is 3.80. The molecule has 1 saturated heterocycles. The van der Waals surface area contributed by atoms with Crippen molar-refractivity contribution in [2.45, 2.75) is 13.0 Å². The summed E-state index contributed by atoms with van der Waals surface area (Å²) in [6.45, 7) is 0.777. The van der Waals surface area contributed by atoms with Crippen LogP contribution in [0.1, 0.15) is 17.5 Å². The molecule has 0 spiro atoms. The van der Waals surface area contributed by atoms with E-state index in [4.69, 9.17) is 16.3 Å². The number of amides is 2. The zero-order valence-corrected chi connectivity index (χ0v) is 19.9. The highest BCUT2D eigenvalue weighted by atomic mass is 79.9. The van der Waals surface area contributed by atoms with Gasteiger partial charge in [0.15, 0.2) is 0 Å². The summed E-state index contributed by atoms with van der Waals surface area (Å²) < 4.78 is 6.70. The Kier molecular flexibility index (Phi) is 7.42. The second kappa shape index (κ2) is 10.6. The first-order valence-corrected chi connectivity index (χ1v) is 11.5. The molecular formula is C25H21BrClN3O3. The Balaban J connectivity index is 1.26. The van der Waals surface area contributed by atoms with Crippen molar-refractivity contribution in [3.8, 4) is 5.75 Å². The number of nitrogens with one attached hydrogen (secondary N) is 1. The molecule has 33 heavy (non-hydrogen) atoms. The molecule has 6 nitrogen and oxygen atoms in total. The summed E-state index contributed by atoms with van der Waals surface area (Å²) >= 11 is 9.27. The van der Waals surface area contributed by atoms with Gasteiger partial charge in [-0.2, -0.15) is 5.10 Å². The van der Waals surface area contributed by atoms with E-state index >= 15 is 0 Å². The van der Waals surface area contributed by atoms with Gasteiger partial charge in [-0.15, -0.1) is 0 Å². The van der Waals surface area contributed by atoms with E-state index in [0.717, 1.165) is 27.0 Å². The van der Waals surface area contributed by atoms with Crippen LogP contribution in [0.5, 0.6) is 5.75 Å². The first kappa shape index (κ1) is 23.0. The second-order valence-corrected chi connectivity index (χ2v) is 8.95. The van der Waals surface area contributed by atoms with Crippen molar-refractivity contribution in [1.82, 2.24) is 5.43 Å². The summed E-state index contributed by atoms with van der Waals surface area (Å²) in [6, 6.07) is 22.3. The van der Waals surface area contributed by atoms with Crippen LogP contribution in [-0.2, 0) is 16.2 Å². The van der Waals surface area contributed by atoms with Crippen LogP contribution in [0.15, 0.2) is 82.4 Å². The lowest BCUT2D eigenvalue weighted by molar-refractivity contribution is -0.126. The Bertz CT molecular complexity index is 1150. The molecule has 3 aromatic rings. The molecule has 1 heterocycles. The average Bonchev–Trinajstić information content (AvgIpc) is 3.22. The number of nitrogens with zero attached hydrogens (tertiary/aromatic N) is 2. The number of ether oxygens (including phenoxy) is 1. The first-order valence-electron chi connectivity index (χ1n) is 10.3. The van der Waals surface area contributed by atoms with Crippen LogP contribution in [0.3, 0.4) is 0 Å². The Morgan fingerprint density at radius 1 is 1.09 bits per heavy atom. The lowest BCUT2D eigenvalue weighted by Crippen LogP contribution is -2.30. The topological polar surface area (TPSA) is 71.0 Å². The van der Waals surface area contributed by atoms with Gasteiger partial charge in [0.1, 0.15) is 12.4 Å². The van der Waals surface area contributed by atoms with Crippen molar-refractivity contribution >= 4 is 51.2 Å². The zero-order chi connectivity index (χ0) is 23.2. The smallest absolute Gasteiger partial charge is 0.245 e. The molecule has 1 aliphatic heterocycles. The highest BCUT2D eigenvalue weighted by Crippen LogP contribution is 2.26. The van der Waals surface area contributed by atoms with E-state index in [1.165, 1.54) is 0 Å². The lowest BCUT2D eigenvalue weighted by atomic mass is 10.1. The largest absolute Gasteiger partial charge is 0.489 e. The van der Waals surface area contributed by atoms with Crippen molar-refractivity contribution in [2.75, 3.05) is 11.4 Å². The van der Waals surface area contributed by atoms with Crippen LogP contribution in [0.4, 0.5) is 5.69 Å². The van der Waals surface area contributed by atoms with Gasteiger partial charge in [-0.1, -0.05) is 39.7 Å². The fraction of sp³-hybridized carbons (Fsp3) is 0.160. The molecule has 0 aromatic heterocycles. The number of benzene rings is 3. The van der Waals surface area contributed by atoms with Crippen LogP contribution in [0.2, 0.25) is 5.02 Å². The van der Waals surface area contributed by atoms with E-state index in [1.54, 1.807) is 11.1 Å². The zero-order valence-electron chi connectivity index (χ0n) is 17.6. The molecule has 0 radical (unpaired) electrons. The van der Waals surface area contributed by atoms with E-state index in [2.05, 4.69) is 26.5 Å². The van der Waals surface area contributed by atoms with Gasteiger partial charge in [0.2, 0.25) is 11.8 Å². The minimum Gasteiger partial charge on any atom is -0.489 e. The molecule has 2 amide bonds. The number of carbonyl (C=O) groups excluding carboxylic acids is 2. The second-order valence-electron chi connectivity index (χ2n) is 7.60. The Hall–Kier alpha value is -3.16. The van der Waals surface area contributed by atoms with Crippen LogP contribution < -0.4 is 15.1 Å². The average molecular weight is 527 g/mol. The molecule has 168 valence electrons. The highest BCUT2D eigenvalue weighted by molar-refractivity contribution is 9.10. The molecule has 3 aromatic carbocycles. The number of halogens is 2. The molecule has 4 rings (SSSR count). The third kappa shape index (κ3) is 6.21. The maximum Gasteiger partial charge on any atom is 0.245 e. The molecule has 8 heteroatoms. The third-order valence-corrected chi connectivity index (χ3v) is 6.00. The summed E-state index contributed by atoms with van der Waals surface area (Å²) in [5, 5.41) is 4.73. The molecule has 0 unspecified atom stereocenters. The fourth-order valence-electron chi connectivity index (χ4n) is 3.41. The van der Waals surface area contributed by atoms with Crippen molar-refractivity contribution < 1.29 is 14.3 Å². The Morgan fingerprint density at radius 2 is 1.79 bits per heavy atom. The van der Waals surface area contributed by atoms with E-state index in [1.807, 2.05) is 72.8 Å². The third-order valence-electron chi connectivity index (χ3n) is 5.22. The molecular weight excluding hydrogens is 506 g/mol. The summed E-state index contributed by atoms with van der Waals surface area (Å²) in [5.41, 5.74) is 5.16. The van der Waals surface area contributed by atoms with Crippen molar-refractivity contribution in [3.63, 3.8) is 0 Å². The maximum atomic E-state index is 12.5. The van der Waals surface area contributed by atoms with Crippen LogP contribution in [-0.4, -0.2) is 24.6 Å². The van der Waals surface area contributed by atoms with Crippen LogP contribution >= 0.6 is 27.5 Å².